The third-order valence-corrected chi connectivity index (χ3v) is 4.84. The molecule has 0 unspecified atom stereocenters. The highest BCUT2D eigenvalue weighted by molar-refractivity contribution is 7.93. The van der Waals surface area contributed by atoms with E-state index in [2.05, 4.69) is 4.72 Å². The normalized spacial score (nSPS) is 19.7. The molecule has 6 heteroatoms. The highest BCUT2D eigenvalue weighted by atomic mass is 32.2. The van der Waals surface area contributed by atoms with Gasteiger partial charge in [-0.15, -0.1) is 0 Å². The second-order valence-corrected chi connectivity index (χ2v) is 7.16. The number of ether oxygens (including phenoxy) is 1. The highest BCUT2D eigenvalue weighted by Crippen LogP contribution is 2.37. The van der Waals surface area contributed by atoms with E-state index in [1.54, 1.807) is 30.3 Å². The molecule has 24 heavy (non-hydrogen) atoms. The van der Waals surface area contributed by atoms with Crippen LogP contribution in [0.4, 0.5) is 0 Å². The molecule has 0 aromatic heterocycles. The van der Waals surface area contributed by atoms with Crippen molar-refractivity contribution < 1.29 is 17.9 Å². The van der Waals surface area contributed by atoms with Crippen LogP contribution in [0.2, 0.25) is 0 Å². The van der Waals surface area contributed by atoms with E-state index in [0.717, 1.165) is 16.5 Å². The second-order valence-electron chi connectivity index (χ2n) is 5.59. The minimum Gasteiger partial charge on any atom is -0.480 e. The van der Waals surface area contributed by atoms with Crippen LogP contribution in [0.5, 0.6) is 5.75 Å². The van der Waals surface area contributed by atoms with Crippen molar-refractivity contribution in [3.05, 3.63) is 71.1 Å². The lowest BCUT2D eigenvalue weighted by Gasteiger charge is -2.14. The summed E-state index contributed by atoms with van der Waals surface area (Å²) in [6.45, 7) is 1.84. The first kappa shape index (κ1) is 16.3. The number of benzene rings is 2. The van der Waals surface area contributed by atoms with Crippen LogP contribution in [0.15, 0.2) is 60.0 Å². The maximum atomic E-state index is 12.3. The van der Waals surface area contributed by atoms with Gasteiger partial charge in [0.05, 0.1) is 5.41 Å². The maximum absolute atomic E-state index is 12.3. The van der Waals surface area contributed by atoms with Crippen molar-refractivity contribution in [1.82, 2.24) is 4.72 Å². The van der Waals surface area contributed by atoms with Gasteiger partial charge in [-0.25, -0.2) is 13.1 Å². The van der Waals surface area contributed by atoms with Crippen molar-refractivity contribution >= 4 is 22.0 Å². The average Bonchev–Trinajstić information content (AvgIpc) is 2.91. The third kappa shape index (κ3) is 3.49. The predicted octanol–water partition coefficient (Wildman–Crippen LogP) is 2.67. The van der Waals surface area contributed by atoms with Crippen LogP contribution in [0.3, 0.4) is 0 Å². The van der Waals surface area contributed by atoms with E-state index >= 15 is 0 Å². The van der Waals surface area contributed by atoms with Crippen LogP contribution in [0.1, 0.15) is 24.0 Å². The molecule has 124 valence electrons. The van der Waals surface area contributed by atoms with Crippen LogP contribution < -0.4 is 9.46 Å². The van der Waals surface area contributed by atoms with Gasteiger partial charge in [0.2, 0.25) is 0 Å². The summed E-state index contributed by atoms with van der Waals surface area (Å²) >= 11 is 0. The van der Waals surface area contributed by atoms with Crippen LogP contribution in [0, 0.1) is 0 Å². The van der Waals surface area contributed by atoms with Crippen LogP contribution in [-0.2, 0) is 14.8 Å². The maximum Gasteiger partial charge on any atom is 0.275 e. The summed E-state index contributed by atoms with van der Waals surface area (Å²) < 4.78 is 31.8. The molecule has 0 saturated carbocycles. The second kappa shape index (κ2) is 6.49. The minimum absolute atomic E-state index is 0.213. The molecule has 1 amide bonds. The van der Waals surface area contributed by atoms with Gasteiger partial charge in [-0.05, 0) is 17.7 Å². The van der Waals surface area contributed by atoms with E-state index in [-0.39, 0.29) is 5.92 Å². The summed E-state index contributed by atoms with van der Waals surface area (Å²) in [4.78, 5) is 12.3. The first-order valence-corrected chi connectivity index (χ1v) is 9.06. The molecule has 1 aliphatic rings. The Bertz CT molecular complexity index is 875. The smallest absolute Gasteiger partial charge is 0.275 e. The van der Waals surface area contributed by atoms with Crippen LogP contribution in [0.25, 0.3) is 6.08 Å². The lowest BCUT2D eigenvalue weighted by molar-refractivity contribution is -0.126. The number of hydrogen-bond acceptors (Lipinski definition) is 4. The fourth-order valence-corrected chi connectivity index (χ4v) is 3.41. The molecular weight excluding hydrogens is 326 g/mol. The van der Waals surface area contributed by atoms with E-state index in [0.29, 0.717) is 5.75 Å². The van der Waals surface area contributed by atoms with Crippen LogP contribution >= 0.6 is 0 Å². The fraction of sp³-hybridized carbons (Fsp3) is 0.167. The van der Waals surface area contributed by atoms with Crippen molar-refractivity contribution in [2.45, 2.75) is 18.9 Å². The van der Waals surface area contributed by atoms with E-state index in [4.69, 9.17) is 4.74 Å². The Kier molecular flexibility index (Phi) is 4.40. The summed E-state index contributed by atoms with van der Waals surface area (Å²) in [6.07, 6.45) is 0.575. The first-order chi connectivity index (χ1) is 11.5. The number of rotatable bonds is 4. The molecule has 0 fully saturated rings. The van der Waals surface area contributed by atoms with Crippen molar-refractivity contribution in [3.63, 3.8) is 0 Å². The lowest BCUT2D eigenvalue weighted by atomic mass is 9.97. The lowest BCUT2D eigenvalue weighted by Crippen LogP contribution is -2.41. The summed E-state index contributed by atoms with van der Waals surface area (Å²) in [5.41, 5.74) is 1.63. The zero-order valence-electron chi connectivity index (χ0n) is 13.0. The molecule has 5 nitrogen and oxygen atoms in total. The summed E-state index contributed by atoms with van der Waals surface area (Å²) in [7, 11) is -3.89. The van der Waals surface area contributed by atoms with Gasteiger partial charge < -0.3 is 4.74 Å². The Balaban J connectivity index is 1.70. The molecule has 0 bridgehead atoms. The Morgan fingerprint density at radius 1 is 1.08 bits per heavy atom. The number of carbonyl (C=O) groups is 1. The van der Waals surface area contributed by atoms with Gasteiger partial charge >= 0.3 is 0 Å². The molecule has 3 rings (SSSR count). The van der Waals surface area contributed by atoms with Gasteiger partial charge in [0.25, 0.3) is 15.9 Å². The number of hydrogen-bond donors (Lipinski definition) is 1. The quantitative estimate of drug-likeness (QED) is 0.926. The molecule has 0 spiro atoms. The van der Waals surface area contributed by atoms with Gasteiger partial charge in [-0.1, -0.05) is 55.5 Å². The van der Waals surface area contributed by atoms with Gasteiger partial charge in [0.1, 0.15) is 5.75 Å². The summed E-state index contributed by atoms with van der Waals surface area (Å²) in [5.74, 6) is -0.270. The monoisotopic (exact) mass is 343 g/mol. The SMILES string of the molecule is C[C@@H]1c2ccccc2O[C@H]1C(=O)NS(=O)(=O)/C=C/c1ccccc1. The first-order valence-electron chi connectivity index (χ1n) is 7.52. The molecule has 0 radical (unpaired) electrons. The molecular formula is C18H17NO4S. The molecule has 1 heterocycles. The number of nitrogens with one attached hydrogen (secondary N) is 1. The average molecular weight is 343 g/mol. The predicted molar refractivity (Wildman–Crippen MR) is 91.8 cm³/mol. The molecule has 2 aromatic rings. The van der Waals surface area contributed by atoms with Gasteiger partial charge in [0.15, 0.2) is 6.10 Å². The van der Waals surface area contributed by atoms with E-state index in [9.17, 15) is 13.2 Å². The molecule has 1 aliphatic heterocycles. The molecule has 0 saturated heterocycles. The largest absolute Gasteiger partial charge is 0.480 e. The Morgan fingerprint density at radius 3 is 2.46 bits per heavy atom. The van der Waals surface area contributed by atoms with Crippen molar-refractivity contribution in [2.24, 2.45) is 0 Å². The Morgan fingerprint density at radius 2 is 1.75 bits per heavy atom. The zero-order chi connectivity index (χ0) is 17.2. The zero-order valence-corrected chi connectivity index (χ0v) is 13.9. The molecule has 1 N–H and O–H groups in total. The fourth-order valence-electron chi connectivity index (χ4n) is 2.61. The van der Waals surface area contributed by atoms with Crippen molar-refractivity contribution in [1.29, 1.82) is 0 Å². The number of para-hydroxylation sites is 1. The van der Waals surface area contributed by atoms with Crippen molar-refractivity contribution in [3.8, 4) is 5.75 Å². The standard InChI is InChI=1S/C18H17NO4S/c1-13-15-9-5-6-10-16(15)23-17(13)18(20)19-24(21,22)12-11-14-7-3-2-4-8-14/h2-13,17H,1H3,(H,19,20)/b12-11+/t13-,17-/m1/s1. The number of sulfonamides is 1. The number of carbonyl (C=O) groups excluding carboxylic acids is 1. The number of amides is 1. The van der Waals surface area contributed by atoms with Gasteiger partial charge in [-0.2, -0.15) is 0 Å². The highest BCUT2D eigenvalue weighted by Gasteiger charge is 2.37. The van der Waals surface area contributed by atoms with E-state index < -0.39 is 22.0 Å². The minimum atomic E-state index is -3.89. The summed E-state index contributed by atoms with van der Waals surface area (Å²) in [5, 5.41) is 0.979. The molecule has 2 atom stereocenters. The third-order valence-electron chi connectivity index (χ3n) is 3.86. The van der Waals surface area contributed by atoms with Gasteiger partial charge in [0, 0.05) is 11.5 Å². The number of fused-ring (bicyclic) bond motifs is 1. The summed E-state index contributed by atoms with van der Waals surface area (Å²) in [6, 6.07) is 16.3. The van der Waals surface area contributed by atoms with E-state index in [1.165, 1.54) is 6.08 Å². The van der Waals surface area contributed by atoms with E-state index in [1.807, 2.05) is 31.2 Å². The Labute approximate surface area is 141 Å². The Hall–Kier alpha value is -2.60. The van der Waals surface area contributed by atoms with Crippen LogP contribution in [-0.4, -0.2) is 20.4 Å². The molecule has 2 aromatic carbocycles. The van der Waals surface area contributed by atoms with Crippen molar-refractivity contribution in [2.75, 3.05) is 0 Å². The topological polar surface area (TPSA) is 72.5 Å². The molecule has 0 aliphatic carbocycles. The van der Waals surface area contributed by atoms with Gasteiger partial charge in [-0.3, -0.25) is 4.79 Å².